The molecule has 21 heavy (non-hydrogen) atoms. The van der Waals surface area contributed by atoms with Crippen molar-refractivity contribution in [2.24, 2.45) is 0 Å². The van der Waals surface area contributed by atoms with E-state index in [2.05, 4.69) is 25.8 Å². The first kappa shape index (κ1) is 12.9. The second-order valence-corrected chi connectivity index (χ2v) is 4.33. The van der Waals surface area contributed by atoms with Gasteiger partial charge in [-0.25, -0.2) is 4.68 Å². The van der Waals surface area contributed by atoms with Crippen molar-refractivity contribution in [1.82, 2.24) is 25.2 Å². The van der Waals surface area contributed by atoms with Crippen molar-refractivity contribution in [2.75, 3.05) is 5.32 Å². The molecule has 0 saturated heterocycles. The molecule has 1 aromatic carbocycles. The summed E-state index contributed by atoms with van der Waals surface area (Å²) in [5.74, 6) is -0.222. The van der Waals surface area contributed by atoms with Crippen LogP contribution in [-0.2, 0) is 4.79 Å². The number of nitrogens with zero attached hydrogens (tertiary/aromatic N) is 5. The molecule has 0 fully saturated rings. The van der Waals surface area contributed by atoms with Crippen LogP contribution in [0.25, 0.3) is 0 Å². The number of rotatable bonds is 4. The summed E-state index contributed by atoms with van der Waals surface area (Å²) >= 11 is 0. The zero-order valence-corrected chi connectivity index (χ0v) is 11.0. The molecule has 0 aliphatic heterocycles. The van der Waals surface area contributed by atoms with E-state index in [9.17, 15) is 4.79 Å². The number of carbonyl (C=O) groups is 1. The summed E-state index contributed by atoms with van der Waals surface area (Å²) in [7, 11) is 0. The summed E-state index contributed by atoms with van der Waals surface area (Å²) in [6.45, 7) is 0. The molecule has 3 rings (SSSR count). The minimum atomic E-state index is -0.630. The minimum absolute atomic E-state index is 0.222. The number of anilines is 1. The molecule has 0 spiro atoms. The first-order valence-electron chi connectivity index (χ1n) is 6.33. The van der Waals surface area contributed by atoms with Gasteiger partial charge in [-0.1, -0.05) is 30.3 Å². The van der Waals surface area contributed by atoms with Gasteiger partial charge in [0.1, 0.15) is 6.33 Å². The van der Waals surface area contributed by atoms with Crippen molar-refractivity contribution < 1.29 is 4.79 Å². The van der Waals surface area contributed by atoms with Gasteiger partial charge in [-0.05, 0) is 28.1 Å². The number of tetrazole rings is 1. The van der Waals surface area contributed by atoms with E-state index in [-0.39, 0.29) is 5.91 Å². The topological polar surface area (TPSA) is 85.6 Å². The molecule has 7 nitrogen and oxygen atoms in total. The maximum absolute atomic E-state index is 12.6. The van der Waals surface area contributed by atoms with Crippen molar-refractivity contribution in [1.29, 1.82) is 0 Å². The Labute approximate surface area is 120 Å². The Morgan fingerprint density at radius 3 is 2.52 bits per heavy atom. The highest BCUT2D eigenvalue weighted by atomic mass is 16.2. The van der Waals surface area contributed by atoms with Gasteiger partial charge in [0, 0.05) is 18.1 Å². The molecule has 0 aliphatic carbocycles. The van der Waals surface area contributed by atoms with E-state index in [1.165, 1.54) is 11.0 Å². The van der Waals surface area contributed by atoms with E-state index in [4.69, 9.17) is 0 Å². The number of aromatic nitrogens is 5. The quantitative estimate of drug-likeness (QED) is 0.778. The van der Waals surface area contributed by atoms with E-state index >= 15 is 0 Å². The number of hydrogen-bond donors (Lipinski definition) is 1. The maximum atomic E-state index is 12.6. The normalized spacial score (nSPS) is 11.8. The first-order valence-corrected chi connectivity index (χ1v) is 6.33. The standard InChI is InChI=1S/C14H12N6O/c21-14(17-12-6-8-15-9-7-12)13(20-10-16-18-19-20)11-4-2-1-3-5-11/h1-10,13H,(H,15,17,21)/t13-/m1/s1. The lowest BCUT2D eigenvalue weighted by Gasteiger charge is -2.16. The fraction of sp³-hybridized carbons (Fsp3) is 0.0714. The fourth-order valence-electron chi connectivity index (χ4n) is 1.99. The number of amides is 1. The number of nitrogens with one attached hydrogen (secondary N) is 1. The third-order valence-corrected chi connectivity index (χ3v) is 2.94. The van der Waals surface area contributed by atoms with Gasteiger partial charge >= 0.3 is 0 Å². The molecule has 0 radical (unpaired) electrons. The van der Waals surface area contributed by atoms with Gasteiger partial charge in [-0.2, -0.15) is 0 Å². The summed E-state index contributed by atoms with van der Waals surface area (Å²) in [4.78, 5) is 16.5. The lowest BCUT2D eigenvalue weighted by molar-refractivity contribution is -0.118. The molecule has 0 aliphatic rings. The molecule has 0 saturated carbocycles. The van der Waals surface area contributed by atoms with Crippen LogP contribution in [0, 0.1) is 0 Å². The lowest BCUT2D eigenvalue weighted by Crippen LogP contribution is -2.27. The Kier molecular flexibility index (Phi) is 3.64. The smallest absolute Gasteiger partial charge is 0.253 e. The molecule has 0 bridgehead atoms. The van der Waals surface area contributed by atoms with E-state index in [1.54, 1.807) is 24.5 Å². The monoisotopic (exact) mass is 280 g/mol. The third-order valence-electron chi connectivity index (χ3n) is 2.94. The van der Waals surface area contributed by atoms with Crippen molar-refractivity contribution >= 4 is 11.6 Å². The van der Waals surface area contributed by atoms with Gasteiger partial charge in [0.15, 0.2) is 6.04 Å². The minimum Gasteiger partial charge on any atom is -0.324 e. The summed E-state index contributed by atoms with van der Waals surface area (Å²) in [5, 5.41) is 13.9. The van der Waals surface area contributed by atoms with Crippen molar-refractivity contribution in [2.45, 2.75) is 6.04 Å². The van der Waals surface area contributed by atoms with Crippen LogP contribution >= 0.6 is 0 Å². The predicted molar refractivity (Wildman–Crippen MR) is 75.3 cm³/mol. The maximum Gasteiger partial charge on any atom is 0.253 e. The van der Waals surface area contributed by atoms with Crippen molar-refractivity contribution in [3.05, 3.63) is 66.7 Å². The summed E-state index contributed by atoms with van der Waals surface area (Å²) in [6, 6.07) is 12.2. The van der Waals surface area contributed by atoms with Gasteiger partial charge < -0.3 is 5.32 Å². The fourth-order valence-corrected chi connectivity index (χ4v) is 1.99. The Bertz CT molecular complexity index is 699. The van der Waals surface area contributed by atoms with Gasteiger partial charge in [0.25, 0.3) is 5.91 Å². The van der Waals surface area contributed by atoms with Crippen LogP contribution in [0.1, 0.15) is 11.6 Å². The lowest BCUT2D eigenvalue weighted by atomic mass is 10.1. The zero-order valence-electron chi connectivity index (χ0n) is 11.0. The van der Waals surface area contributed by atoms with Gasteiger partial charge in [0.2, 0.25) is 0 Å². The summed E-state index contributed by atoms with van der Waals surface area (Å²) in [5.41, 5.74) is 1.47. The summed E-state index contributed by atoms with van der Waals surface area (Å²) < 4.78 is 1.42. The van der Waals surface area contributed by atoms with Crippen LogP contribution in [0.15, 0.2) is 61.2 Å². The van der Waals surface area contributed by atoms with E-state index < -0.39 is 6.04 Å². The number of pyridine rings is 1. The Balaban J connectivity index is 1.91. The molecule has 0 unspecified atom stereocenters. The first-order chi connectivity index (χ1) is 10.3. The van der Waals surface area contributed by atoms with E-state index in [0.29, 0.717) is 5.69 Å². The molecule has 7 heteroatoms. The molecule has 3 aromatic rings. The van der Waals surface area contributed by atoms with E-state index in [1.807, 2.05) is 30.3 Å². The average molecular weight is 280 g/mol. The number of carbonyl (C=O) groups excluding carboxylic acids is 1. The average Bonchev–Trinajstić information content (AvgIpc) is 3.03. The largest absolute Gasteiger partial charge is 0.324 e. The number of hydrogen-bond acceptors (Lipinski definition) is 5. The Hall–Kier alpha value is -3.09. The second kappa shape index (κ2) is 5.91. The molecule has 1 N–H and O–H groups in total. The molecule has 1 amide bonds. The van der Waals surface area contributed by atoms with Crippen LogP contribution in [0.4, 0.5) is 5.69 Å². The molecular weight excluding hydrogens is 268 g/mol. The third kappa shape index (κ3) is 2.92. The Morgan fingerprint density at radius 1 is 1.10 bits per heavy atom. The Morgan fingerprint density at radius 2 is 1.86 bits per heavy atom. The van der Waals surface area contributed by atoms with Crippen LogP contribution in [0.3, 0.4) is 0 Å². The van der Waals surface area contributed by atoms with Crippen LogP contribution < -0.4 is 5.32 Å². The van der Waals surface area contributed by atoms with E-state index in [0.717, 1.165) is 5.56 Å². The zero-order chi connectivity index (χ0) is 14.5. The summed E-state index contributed by atoms with van der Waals surface area (Å²) in [6.07, 6.45) is 4.65. The van der Waals surface area contributed by atoms with Gasteiger partial charge in [-0.15, -0.1) is 5.10 Å². The van der Waals surface area contributed by atoms with Gasteiger partial charge in [0.05, 0.1) is 0 Å². The second-order valence-electron chi connectivity index (χ2n) is 4.33. The highest BCUT2D eigenvalue weighted by molar-refractivity contribution is 5.95. The SMILES string of the molecule is O=C(Nc1ccncc1)[C@@H](c1ccccc1)n1cnnn1. The molecule has 2 aromatic heterocycles. The van der Waals surface area contributed by atoms with Crippen molar-refractivity contribution in [3.8, 4) is 0 Å². The predicted octanol–water partition coefficient (Wildman–Crippen LogP) is 1.30. The molecule has 2 heterocycles. The van der Waals surface area contributed by atoms with Crippen LogP contribution in [0.2, 0.25) is 0 Å². The highest BCUT2D eigenvalue weighted by Crippen LogP contribution is 2.19. The van der Waals surface area contributed by atoms with Gasteiger partial charge in [-0.3, -0.25) is 9.78 Å². The van der Waals surface area contributed by atoms with Crippen LogP contribution in [0.5, 0.6) is 0 Å². The van der Waals surface area contributed by atoms with Crippen LogP contribution in [-0.4, -0.2) is 31.1 Å². The highest BCUT2D eigenvalue weighted by Gasteiger charge is 2.23. The molecule has 1 atom stereocenters. The molecule has 104 valence electrons. The molecular formula is C14H12N6O. The number of benzene rings is 1. The van der Waals surface area contributed by atoms with Crippen molar-refractivity contribution in [3.63, 3.8) is 0 Å².